The van der Waals surface area contributed by atoms with E-state index in [0.717, 1.165) is 11.1 Å². The summed E-state index contributed by atoms with van der Waals surface area (Å²) >= 11 is 5.96. The zero-order valence-electron chi connectivity index (χ0n) is 11.1. The molecule has 0 radical (unpaired) electrons. The van der Waals surface area contributed by atoms with Crippen molar-refractivity contribution in [3.63, 3.8) is 0 Å². The lowest BCUT2D eigenvalue weighted by Crippen LogP contribution is -2.14. The molecule has 2 rings (SSSR count). The van der Waals surface area contributed by atoms with E-state index in [1.54, 1.807) is 18.2 Å². The summed E-state index contributed by atoms with van der Waals surface area (Å²) < 4.78 is 19.5. The Kier molecular flexibility index (Phi) is 3.95. The number of nitrogens with one attached hydrogen (secondary N) is 1. The van der Waals surface area contributed by atoms with Crippen LogP contribution in [-0.4, -0.2) is 5.84 Å². The summed E-state index contributed by atoms with van der Waals surface area (Å²) in [4.78, 5) is 0. The van der Waals surface area contributed by atoms with Gasteiger partial charge in [0, 0.05) is 5.02 Å². The van der Waals surface area contributed by atoms with E-state index in [4.69, 9.17) is 27.5 Å². The SMILES string of the molecule is Cc1cc(Cl)cc(C)c1Oc1cccc(F)c1C(=N)N. The van der Waals surface area contributed by atoms with Crippen LogP contribution >= 0.6 is 11.6 Å². The van der Waals surface area contributed by atoms with E-state index in [9.17, 15) is 4.39 Å². The Balaban J connectivity index is 2.51. The summed E-state index contributed by atoms with van der Waals surface area (Å²) in [6, 6.07) is 7.85. The van der Waals surface area contributed by atoms with Crippen molar-refractivity contribution in [2.75, 3.05) is 0 Å². The highest BCUT2D eigenvalue weighted by Gasteiger charge is 2.15. The Labute approximate surface area is 121 Å². The fraction of sp³-hybridized carbons (Fsp3) is 0.133. The summed E-state index contributed by atoms with van der Waals surface area (Å²) in [7, 11) is 0. The quantitative estimate of drug-likeness (QED) is 0.659. The Morgan fingerprint density at radius 1 is 1.25 bits per heavy atom. The highest BCUT2D eigenvalue weighted by molar-refractivity contribution is 6.30. The van der Waals surface area contributed by atoms with Gasteiger partial charge in [0.25, 0.3) is 0 Å². The normalized spacial score (nSPS) is 10.4. The molecule has 0 atom stereocenters. The van der Waals surface area contributed by atoms with E-state index in [1.807, 2.05) is 13.8 Å². The van der Waals surface area contributed by atoms with Crippen molar-refractivity contribution >= 4 is 17.4 Å². The van der Waals surface area contributed by atoms with E-state index < -0.39 is 5.82 Å². The first-order chi connectivity index (χ1) is 9.40. The Bertz CT molecular complexity index is 663. The van der Waals surface area contributed by atoms with Crippen LogP contribution in [0.15, 0.2) is 30.3 Å². The fourth-order valence-electron chi connectivity index (χ4n) is 2.02. The van der Waals surface area contributed by atoms with Crippen molar-refractivity contribution in [1.29, 1.82) is 5.41 Å². The lowest BCUT2D eigenvalue weighted by molar-refractivity contribution is 0.468. The number of nitrogen functional groups attached to an aromatic ring is 1. The minimum atomic E-state index is -0.584. The van der Waals surface area contributed by atoms with Crippen molar-refractivity contribution in [1.82, 2.24) is 0 Å². The van der Waals surface area contributed by atoms with Gasteiger partial charge in [-0.1, -0.05) is 17.7 Å². The van der Waals surface area contributed by atoms with Crippen molar-refractivity contribution in [2.24, 2.45) is 5.73 Å². The van der Waals surface area contributed by atoms with Crippen LogP contribution < -0.4 is 10.5 Å². The average Bonchev–Trinajstić information content (AvgIpc) is 2.33. The van der Waals surface area contributed by atoms with E-state index in [-0.39, 0.29) is 17.1 Å². The van der Waals surface area contributed by atoms with Crippen LogP contribution in [0.1, 0.15) is 16.7 Å². The standard InChI is InChI=1S/C15H14ClFN2O/c1-8-6-10(16)7-9(2)14(8)20-12-5-3-4-11(17)13(12)15(18)19/h3-7H,1-2H3,(H3,18,19). The molecule has 2 aromatic rings. The molecule has 0 saturated carbocycles. The Hall–Kier alpha value is -2.07. The molecule has 5 heteroatoms. The number of hydrogen-bond acceptors (Lipinski definition) is 2. The highest BCUT2D eigenvalue weighted by atomic mass is 35.5. The monoisotopic (exact) mass is 292 g/mol. The van der Waals surface area contributed by atoms with Crippen molar-refractivity contribution < 1.29 is 9.13 Å². The molecule has 0 fully saturated rings. The number of nitrogens with two attached hydrogens (primary N) is 1. The van der Waals surface area contributed by atoms with Crippen LogP contribution in [0.2, 0.25) is 5.02 Å². The number of aryl methyl sites for hydroxylation is 2. The Morgan fingerprint density at radius 2 is 1.85 bits per heavy atom. The predicted molar refractivity (Wildman–Crippen MR) is 78.4 cm³/mol. The van der Waals surface area contributed by atoms with Crippen LogP contribution in [0.5, 0.6) is 11.5 Å². The smallest absolute Gasteiger partial charge is 0.141 e. The summed E-state index contributed by atoms with van der Waals surface area (Å²) in [6.45, 7) is 3.70. The second kappa shape index (κ2) is 5.51. The summed E-state index contributed by atoms with van der Waals surface area (Å²) in [5.41, 5.74) is 7.03. The maximum absolute atomic E-state index is 13.7. The van der Waals surface area contributed by atoms with E-state index in [0.29, 0.717) is 10.8 Å². The molecule has 104 valence electrons. The molecule has 0 unspecified atom stereocenters. The third kappa shape index (κ3) is 2.75. The van der Waals surface area contributed by atoms with Crippen LogP contribution in [0.4, 0.5) is 4.39 Å². The van der Waals surface area contributed by atoms with Gasteiger partial charge in [0.1, 0.15) is 23.2 Å². The molecule has 0 aliphatic rings. The van der Waals surface area contributed by atoms with Crippen LogP contribution in [0, 0.1) is 25.1 Å². The van der Waals surface area contributed by atoms with Crippen LogP contribution in [0.3, 0.4) is 0 Å². The van der Waals surface area contributed by atoms with Gasteiger partial charge in [-0.15, -0.1) is 0 Å². The first-order valence-corrected chi connectivity index (χ1v) is 6.35. The lowest BCUT2D eigenvalue weighted by Gasteiger charge is -2.15. The van der Waals surface area contributed by atoms with Crippen LogP contribution in [-0.2, 0) is 0 Å². The average molecular weight is 293 g/mol. The predicted octanol–water partition coefficient (Wildman–Crippen LogP) is 4.17. The zero-order chi connectivity index (χ0) is 14.9. The van der Waals surface area contributed by atoms with Crippen molar-refractivity contribution in [2.45, 2.75) is 13.8 Å². The van der Waals surface area contributed by atoms with E-state index in [2.05, 4.69) is 0 Å². The largest absolute Gasteiger partial charge is 0.456 e. The molecule has 0 amide bonds. The van der Waals surface area contributed by atoms with Gasteiger partial charge >= 0.3 is 0 Å². The van der Waals surface area contributed by atoms with Gasteiger partial charge in [-0.25, -0.2) is 4.39 Å². The number of halogens is 2. The molecule has 0 bridgehead atoms. The molecule has 0 spiro atoms. The molecule has 0 aromatic heterocycles. The molecule has 20 heavy (non-hydrogen) atoms. The molecule has 0 saturated heterocycles. The summed E-state index contributed by atoms with van der Waals surface area (Å²) in [5, 5.41) is 8.07. The first kappa shape index (κ1) is 14.3. The van der Waals surface area contributed by atoms with Gasteiger partial charge in [0.15, 0.2) is 0 Å². The highest BCUT2D eigenvalue weighted by Crippen LogP contribution is 2.33. The molecule has 2 aromatic carbocycles. The molecule has 0 aliphatic carbocycles. The lowest BCUT2D eigenvalue weighted by atomic mass is 10.1. The van der Waals surface area contributed by atoms with Gasteiger partial charge in [0.05, 0.1) is 5.56 Å². The van der Waals surface area contributed by atoms with Crippen molar-refractivity contribution in [3.8, 4) is 11.5 Å². The van der Waals surface area contributed by atoms with Crippen LogP contribution in [0.25, 0.3) is 0 Å². The molecular weight excluding hydrogens is 279 g/mol. The number of ether oxygens (including phenoxy) is 1. The number of hydrogen-bond donors (Lipinski definition) is 2. The van der Waals surface area contributed by atoms with Gasteiger partial charge in [-0.05, 0) is 49.2 Å². The topological polar surface area (TPSA) is 59.1 Å². The molecule has 3 N–H and O–H groups in total. The zero-order valence-corrected chi connectivity index (χ0v) is 11.9. The molecule has 0 heterocycles. The van der Waals surface area contributed by atoms with Gasteiger partial charge < -0.3 is 10.5 Å². The summed E-state index contributed by atoms with van der Waals surface area (Å²) in [5.74, 6) is -0.157. The van der Waals surface area contributed by atoms with E-state index >= 15 is 0 Å². The fourth-order valence-corrected chi connectivity index (χ4v) is 2.35. The first-order valence-electron chi connectivity index (χ1n) is 5.97. The molecule has 3 nitrogen and oxygen atoms in total. The third-order valence-corrected chi connectivity index (χ3v) is 3.10. The minimum Gasteiger partial charge on any atom is -0.456 e. The second-order valence-corrected chi connectivity index (χ2v) is 4.93. The maximum Gasteiger partial charge on any atom is 0.141 e. The van der Waals surface area contributed by atoms with Gasteiger partial charge in [-0.3, -0.25) is 5.41 Å². The van der Waals surface area contributed by atoms with Gasteiger partial charge in [-0.2, -0.15) is 0 Å². The van der Waals surface area contributed by atoms with Crippen molar-refractivity contribution in [3.05, 3.63) is 57.9 Å². The second-order valence-electron chi connectivity index (χ2n) is 4.50. The molecule has 0 aliphatic heterocycles. The number of rotatable bonds is 3. The third-order valence-electron chi connectivity index (χ3n) is 2.88. The maximum atomic E-state index is 13.7. The Morgan fingerprint density at radius 3 is 2.40 bits per heavy atom. The minimum absolute atomic E-state index is 0.0405. The number of amidine groups is 1. The van der Waals surface area contributed by atoms with E-state index in [1.165, 1.54) is 12.1 Å². The van der Waals surface area contributed by atoms with Gasteiger partial charge in [0.2, 0.25) is 0 Å². The molecular formula is C15H14ClFN2O. The summed E-state index contributed by atoms with van der Waals surface area (Å²) in [6.07, 6.45) is 0. The number of benzene rings is 2.